The van der Waals surface area contributed by atoms with Crippen molar-refractivity contribution in [3.63, 3.8) is 0 Å². The number of nitrogens with one attached hydrogen (secondary N) is 1. The molecule has 0 unspecified atom stereocenters. The van der Waals surface area contributed by atoms with Crippen LogP contribution in [-0.2, 0) is 16.1 Å². The van der Waals surface area contributed by atoms with Crippen LogP contribution in [0.1, 0.15) is 12.5 Å². The second kappa shape index (κ2) is 9.53. The van der Waals surface area contributed by atoms with Crippen LogP contribution in [0.25, 0.3) is 0 Å². The Morgan fingerprint density at radius 1 is 0.839 bits per heavy atom. The topological polar surface area (TPSA) is 58.6 Å². The Bertz CT molecular complexity index is 1100. The first-order valence-electron chi connectivity index (χ1n) is 10.0. The molecule has 0 aromatic heterocycles. The number of ether oxygens (including phenoxy) is 1. The third-order valence-electron chi connectivity index (χ3n) is 4.71. The highest BCUT2D eigenvalue weighted by molar-refractivity contribution is 8.04. The molecule has 1 N–H and O–H groups in total. The minimum atomic E-state index is -0.332. The van der Waals surface area contributed by atoms with Crippen LogP contribution >= 0.6 is 11.8 Å². The lowest BCUT2D eigenvalue weighted by molar-refractivity contribution is -0.137. The Morgan fingerprint density at radius 3 is 2.13 bits per heavy atom. The van der Waals surface area contributed by atoms with E-state index in [4.69, 9.17) is 4.74 Å². The summed E-state index contributed by atoms with van der Waals surface area (Å²) in [6, 6.07) is 26.4. The van der Waals surface area contributed by atoms with Gasteiger partial charge in [0.1, 0.15) is 16.4 Å². The maximum Gasteiger partial charge on any atom is 0.278 e. The molecule has 0 atom stereocenters. The number of amides is 2. The van der Waals surface area contributed by atoms with Crippen molar-refractivity contribution in [2.75, 3.05) is 11.9 Å². The summed E-state index contributed by atoms with van der Waals surface area (Å²) in [6.07, 6.45) is 0. The van der Waals surface area contributed by atoms with E-state index in [-0.39, 0.29) is 18.4 Å². The van der Waals surface area contributed by atoms with E-state index < -0.39 is 0 Å². The maximum absolute atomic E-state index is 13.2. The fourth-order valence-corrected chi connectivity index (χ4v) is 4.19. The lowest BCUT2D eigenvalue weighted by Crippen LogP contribution is -2.31. The lowest BCUT2D eigenvalue weighted by atomic mass is 10.2. The van der Waals surface area contributed by atoms with Crippen LogP contribution in [-0.4, -0.2) is 23.3 Å². The van der Waals surface area contributed by atoms with Gasteiger partial charge in [-0.15, -0.1) is 0 Å². The predicted molar refractivity (Wildman–Crippen MR) is 123 cm³/mol. The van der Waals surface area contributed by atoms with E-state index in [1.54, 1.807) is 0 Å². The van der Waals surface area contributed by atoms with Crippen LogP contribution in [0.3, 0.4) is 0 Å². The van der Waals surface area contributed by atoms with Crippen LogP contribution in [0, 0.1) is 0 Å². The molecule has 2 amide bonds. The molecule has 1 aliphatic heterocycles. The minimum absolute atomic E-state index is 0.228. The van der Waals surface area contributed by atoms with Crippen molar-refractivity contribution in [1.29, 1.82) is 0 Å². The van der Waals surface area contributed by atoms with Crippen LogP contribution in [0.5, 0.6) is 5.75 Å². The van der Waals surface area contributed by atoms with Crippen molar-refractivity contribution in [3.05, 3.63) is 101 Å². The second-order valence-corrected chi connectivity index (χ2v) is 7.97. The summed E-state index contributed by atoms with van der Waals surface area (Å²) in [5.74, 6) is 0.123. The molecule has 31 heavy (non-hydrogen) atoms. The third kappa shape index (κ3) is 4.81. The number of thioether (sulfide) groups is 1. The van der Waals surface area contributed by atoms with Gasteiger partial charge in [-0.05, 0) is 48.9 Å². The van der Waals surface area contributed by atoms with Gasteiger partial charge in [0.15, 0.2) is 0 Å². The van der Waals surface area contributed by atoms with Crippen LogP contribution in [0.15, 0.2) is 100 Å². The summed E-state index contributed by atoms with van der Waals surface area (Å²) >= 11 is 1.30. The average molecular weight is 431 g/mol. The number of nitrogens with zero attached hydrogens (tertiary/aromatic N) is 1. The third-order valence-corrected chi connectivity index (χ3v) is 5.80. The smallest absolute Gasteiger partial charge is 0.278 e. The molecular formula is C25H22N2O3S. The molecule has 6 heteroatoms. The van der Waals surface area contributed by atoms with Crippen LogP contribution < -0.4 is 10.1 Å². The predicted octanol–water partition coefficient (Wildman–Crippen LogP) is 5.07. The molecule has 0 saturated carbocycles. The second-order valence-electron chi connectivity index (χ2n) is 6.88. The van der Waals surface area contributed by atoms with Gasteiger partial charge >= 0.3 is 0 Å². The fraction of sp³-hybridized carbons (Fsp3) is 0.120. The van der Waals surface area contributed by atoms with E-state index in [1.807, 2.05) is 91.9 Å². The highest BCUT2D eigenvalue weighted by Gasteiger charge is 2.39. The maximum atomic E-state index is 13.2. The van der Waals surface area contributed by atoms with E-state index in [0.29, 0.717) is 22.9 Å². The molecule has 5 nitrogen and oxygen atoms in total. The van der Waals surface area contributed by atoms with E-state index in [9.17, 15) is 9.59 Å². The van der Waals surface area contributed by atoms with E-state index in [1.165, 1.54) is 16.7 Å². The van der Waals surface area contributed by atoms with Gasteiger partial charge in [-0.3, -0.25) is 14.5 Å². The first kappa shape index (κ1) is 20.8. The largest absolute Gasteiger partial charge is 0.494 e. The molecule has 1 heterocycles. The number of imide groups is 1. The Morgan fingerprint density at radius 2 is 1.48 bits per heavy atom. The quantitative estimate of drug-likeness (QED) is 0.506. The van der Waals surface area contributed by atoms with Crippen molar-refractivity contribution in [2.45, 2.75) is 18.4 Å². The van der Waals surface area contributed by atoms with Gasteiger partial charge in [0.2, 0.25) is 0 Å². The van der Waals surface area contributed by atoms with Crippen LogP contribution in [0.2, 0.25) is 0 Å². The van der Waals surface area contributed by atoms with Gasteiger partial charge in [-0.1, -0.05) is 60.3 Å². The Hall–Kier alpha value is -3.51. The summed E-state index contributed by atoms with van der Waals surface area (Å²) in [5, 5.41) is 3.17. The van der Waals surface area contributed by atoms with Gasteiger partial charge in [-0.2, -0.15) is 0 Å². The minimum Gasteiger partial charge on any atom is -0.494 e. The Labute approximate surface area is 185 Å². The number of carbonyl (C=O) groups excluding carboxylic acids is 2. The number of carbonyl (C=O) groups is 2. The number of anilines is 1. The molecular weight excluding hydrogens is 408 g/mol. The van der Waals surface area contributed by atoms with Crippen molar-refractivity contribution in [1.82, 2.24) is 4.90 Å². The first-order chi connectivity index (χ1) is 15.2. The van der Waals surface area contributed by atoms with Crippen molar-refractivity contribution >= 4 is 29.3 Å². The molecule has 0 radical (unpaired) electrons. The molecule has 4 rings (SSSR count). The lowest BCUT2D eigenvalue weighted by Gasteiger charge is -2.15. The number of benzene rings is 3. The van der Waals surface area contributed by atoms with E-state index in [2.05, 4.69) is 5.32 Å². The van der Waals surface area contributed by atoms with Gasteiger partial charge in [-0.25, -0.2) is 0 Å². The van der Waals surface area contributed by atoms with Crippen molar-refractivity contribution in [3.8, 4) is 5.75 Å². The van der Waals surface area contributed by atoms with Crippen molar-refractivity contribution < 1.29 is 14.3 Å². The monoisotopic (exact) mass is 430 g/mol. The normalized spacial score (nSPS) is 13.6. The number of rotatable bonds is 8. The average Bonchev–Trinajstić information content (AvgIpc) is 3.01. The molecule has 0 aliphatic carbocycles. The zero-order chi connectivity index (χ0) is 21.6. The summed E-state index contributed by atoms with van der Waals surface area (Å²) in [5.41, 5.74) is 1.90. The summed E-state index contributed by atoms with van der Waals surface area (Å²) in [7, 11) is 0. The first-order valence-corrected chi connectivity index (χ1v) is 10.8. The highest BCUT2D eigenvalue weighted by Crippen LogP contribution is 2.36. The zero-order valence-corrected chi connectivity index (χ0v) is 17.9. The highest BCUT2D eigenvalue weighted by atomic mass is 32.2. The molecule has 0 saturated heterocycles. The van der Waals surface area contributed by atoms with Crippen LogP contribution in [0.4, 0.5) is 5.69 Å². The Kier molecular flexibility index (Phi) is 6.38. The number of hydrogen-bond acceptors (Lipinski definition) is 5. The zero-order valence-electron chi connectivity index (χ0n) is 17.1. The van der Waals surface area contributed by atoms with Gasteiger partial charge < -0.3 is 10.1 Å². The van der Waals surface area contributed by atoms with E-state index in [0.717, 1.165) is 16.2 Å². The fourth-order valence-electron chi connectivity index (χ4n) is 3.22. The standard InChI is InChI=1S/C25H22N2O3S/c1-2-30-20-15-13-19(14-16-20)26-22-23(31-21-11-7-4-8-12-21)25(29)27(24(22)28)17-18-9-5-3-6-10-18/h3-16,26H,2,17H2,1H3. The Balaban J connectivity index is 1.63. The van der Waals surface area contributed by atoms with Gasteiger partial charge in [0, 0.05) is 10.6 Å². The molecule has 3 aromatic rings. The molecule has 0 fully saturated rings. The molecule has 1 aliphatic rings. The van der Waals surface area contributed by atoms with Gasteiger partial charge in [0.25, 0.3) is 11.8 Å². The summed E-state index contributed by atoms with van der Waals surface area (Å²) in [4.78, 5) is 29.0. The number of hydrogen-bond donors (Lipinski definition) is 1. The summed E-state index contributed by atoms with van der Waals surface area (Å²) < 4.78 is 5.48. The van der Waals surface area contributed by atoms with Gasteiger partial charge in [0.05, 0.1) is 13.2 Å². The van der Waals surface area contributed by atoms with E-state index >= 15 is 0 Å². The van der Waals surface area contributed by atoms with Crippen molar-refractivity contribution in [2.24, 2.45) is 0 Å². The molecule has 156 valence electrons. The summed E-state index contributed by atoms with van der Waals surface area (Å²) in [6.45, 7) is 2.73. The molecule has 3 aromatic carbocycles. The SMILES string of the molecule is CCOc1ccc(NC2=C(Sc3ccccc3)C(=O)N(Cc3ccccc3)C2=O)cc1. The molecule has 0 spiro atoms. The molecule has 0 bridgehead atoms.